The highest BCUT2D eigenvalue weighted by Gasteiger charge is 2.57. The number of esters is 4. The van der Waals surface area contributed by atoms with Gasteiger partial charge in [0.05, 0.1) is 36.0 Å². The molecule has 18 heteroatoms. The van der Waals surface area contributed by atoms with Crippen LogP contribution in [0.15, 0.2) is 206 Å². The van der Waals surface area contributed by atoms with Gasteiger partial charge in [-0.1, -0.05) is 133 Å². The van der Waals surface area contributed by atoms with Crippen molar-refractivity contribution in [1.82, 2.24) is 5.32 Å². The summed E-state index contributed by atoms with van der Waals surface area (Å²) < 4.78 is 68.9. The Bertz CT molecular complexity index is 3090. The van der Waals surface area contributed by atoms with Crippen molar-refractivity contribution in [3.63, 3.8) is 0 Å². The Morgan fingerprint density at radius 1 is 0.450 bits per heavy atom. The van der Waals surface area contributed by atoms with Gasteiger partial charge in [-0.2, -0.15) is 0 Å². The molecule has 1 amide bonds. The van der Waals surface area contributed by atoms with E-state index in [4.69, 9.17) is 52.1 Å². The van der Waals surface area contributed by atoms with E-state index in [-0.39, 0.29) is 42.1 Å². The van der Waals surface area contributed by atoms with Gasteiger partial charge in [0, 0.05) is 0 Å². The van der Waals surface area contributed by atoms with Gasteiger partial charge in [0.1, 0.15) is 61.8 Å². The number of nitrogens with one attached hydrogen (secondary N) is 1. The van der Waals surface area contributed by atoms with Crippen LogP contribution in [0.3, 0.4) is 0 Å². The first-order valence-corrected chi connectivity index (χ1v) is 25.6. The summed E-state index contributed by atoms with van der Waals surface area (Å²) >= 11 is 0. The molecule has 0 spiro atoms. The second kappa shape index (κ2) is 27.6. The van der Waals surface area contributed by atoms with Crippen molar-refractivity contribution in [2.24, 2.45) is 0 Å². The minimum Gasteiger partial charge on any atom is -0.497 e. The van der Waals surface area contributed by atoms with Gasteiger partial charge in [-0.3, -0.25) is 0 Å². The topological polar surface area (TPSA) is 219 Å². The van der Waals surface area contributed by atoms with Gasteiger partial charge in [-0.15, -0.1) is 0 Å². The molecule has 0 aromatic heterocycles. The molecule has 0 unspecified atom stereocenters. The molecule has 412 valence electrons. The fourth-order valence-corrected chi connectivity index (χ4v) is 8.88. The lowest BCUT2D eigenvalue weighted by Gasteiger charge is -2.49. The van der Waals surface area contributed by atoms with Crippen LogP contribution in [0.4, 0.5) is 4.79 Å². The van der Waals surface area contributed by atoms with Crippen molar-refractivity contribution >= 4 is 30.0 Å². The van der Waals surface area contributed by atoms with Crippen LogP contribution in [0.5, 0.6) is 11.5 Å². The lowest BCUT2D eigenvalue weighted by atomic mass is 9.94. The molecule has 9 rings (SSSR count). The van der Waals surface area contributed by atoms with Gasteiger partial charge in [0.2, 0.25) is 0 Å². The fourth-order valence-electron chi connectivity index (χ4n) is 8.88. The van der Waals surface area contributed by atoms with Gasteiger partial charge >= 0.3 is 30.0 Å². The minimum absolute atomic E-state index is 0.0633. The Kier molecular flexibility index (Phi) is 19.3. The number of carbonyl (C=O) groups excluding carboxylic acids is 5. The Hall–Kier alpha value is -8.91. The molecule has 0 aliphatic carbocycles. The lowest BCUT2D eigenvalue weighted by Crippen LogP contribution is -2.69. The van der Waals surface area contributed by atoms with E-state index in [1.807, 2.05) is 12.1 Å². The summed E-state index contributed by atoms with van der Waals surface area (Å²) in [4.78, 5) is 70.8. The van der Waals surface area contributed by atoms with Crippen LogP contribution in [0.25, 0.3) is 0 Å². The number of rotatable bonds is 21. The molecule has 0 radical (unpaired) electrons. The second-order valence-electron chi connectivity index (χ2n) is 18.4. The molecule has 80 heavy (non-hydrogen) atoms. The summed E-state index contributed by atoms with van der Waals surface area (Å²) in [5.74, 6) is -2.66. The number of hydrogen-bond acceptors (Lipinski definition) is 17. The third kappa shape index (κ3) is 14.8. The van der Waals surface area contributed by atoms with Crippen LogP contribution in [0.1, 0.15) is 52.6 Å². The number of hydrogen-bond donors (Lipinski definition) is 2. The van der Waals surface area contributed by atoms with E-state index in [1.54, 1.807) is 146 Å². The summed E-state index contributed by atoms with van der Waals surface area (Å²) in [5, 5.41) is 14.7. The van der Waals surface area contributed by atoms with Crippen LogP contribution >= 0.6 is 0 Å². The molecule has 0 saturated carbocycles. The standard InChI is InChI=1S/C62H57NO17/c1-70-46-32-34-47(35-33-46)71-38-48-51(53(72-36-40-20-8-2-9-21-40)50(60(68)75-48)63-62(69)74-37-41-22-10-3-11-23-41)80-61-55(79-59(67)45-30-18-7-19-31-45)54(78-58(66)44-28-16-6-17-29-44)52(77-57(65)43-26-14-5-15-27-43)49(76-61)39-73-56(64)42-24-12-4-13-25-42/h2-35,48-55,60-61,68H,36-39H2,1H3,(H,63,69)/t48-,49-,50-,51-,52-,53-,54+,55-,60+,61+/m1/s1. The molecule has 2 fully saturated rings. The number of aliphatic hydroxyl groups excluding tert-OH is 1. The molecule has 10 atom stereocenters. The third-order valence-corrected chi connectivity index (χ3v) is 13.0. The first kappa shape index (κ1) is 55.8. The van der Waals surface area contributed by atoms with E-state index in [0.29, 0.717) is 22.6 Å². The Morgan fingerprint density at radius 3 is 1.40 bits per heavy atom. The fraction of sp³-hybridized carbons (Fsp3) is 0.242. The molecule has 2 N–H and O–H groups in total. The van der Waals surface area contributed by atoms with E-state index in [1.165, 1.54) is 55.6 Å². The molecule has 7 aromatic carbocycles. The van der Waals surface area contributed by atoms with Gasteiger partial charge in [0.15, 0.2) is 30.9 Å². The quantitative estimate of drug-likeness (QED) is 0.0510. The van der Waals surface area contributed by atoms with Crippen molar-refractivity contribution in [2.45, 2.75) is 74.6 Å². The zero-order chi connectivity index (χ0) is 55.6. The SMILES string of the molecule is COc1ccc(OC[C@H]2O[C@H](O)[C@H](NC(=O)OCc3ccccc3)[C@@H](OCc3ccccc3)[C@@H]2O[C@@H]2O[C@H](COC(=O)c3ccccc3)[C@@H](OC(=O)c3ccccc3)[C@H](OC(=O)c3ccccc3)[C@H]2OC(=O)c2ccccc2)cc1. The molecular weight excluding hydrogens is 1030 g/mol. The number of benzene rings is 7. The summed E-state index contributed by atoms with van der Waals surface area (Å²) in [5.41, 5.74) is 1.76. The largest absolute Gasteiger partial charge is 0.497 e. The zero-order valence-electron chi connectivity index (χ0n) is 43.2. The predicted molar refractivity (Wildman–Crippen MR) is 285 cm³/mol. The predicted octanol–water partition coefficient (Wildman–Crippen LogP) is 8.32. The molecule has 0 bridgehead atoms. The van der Waals surface area contributed by atoms with Crippen molar-refractivity contribution in [3.8, 4) is 11.5 Å². The van der Waals surface area contributed by atoms with Crippen LogP contribution < -0.4 is 14.8 Å². The number of alkyl carbamates (subject to hydrolysis) is 1. The minimum atomic E-state index is -1.89. The Labute approximate surface area is 460 Å². The van der Waals surface area contributed by atoms with Crippen molar-refractivity contribution in [2.75, 3.05) is 20.3 Å². The highest BCUT2D eigenvalue weighted by Crippen LogP contribution is 2.36. The number of methoxy groups -OCH3 is 1. The molecule has 2 saturated heterocycles. The van der Waals surface area contributed by atoms with E-state index < -0.39 is 97.9 Å². The summed E-state index contributed by atoms with van der Waals surface area (Å²) in [6.07, 6.45) is -15.8. The maximum absolute atomic E-state index is 14.5. The molecule has 2 heterocycles. The highest BCUT2D eigenvalue weighted by molar-refractivity contribution is 5.91. The summed E-state index contributed by atoms with van der Waals surface area (Å²) in [7, 11) is 1.52. The van der Waals surface area contributed by atoms with Crippen LogP contribution in [0, 0.1) is 0 Å². The summed E-state index contributed by atoms with van der Waals surface area (Å²) in [6, 6.07) is 55.0. The Balaban J connectivity index is 1.15. The molecule has 2 aliphatic heterocycles. The average Bonchev–Trinajstić information content (AvgIpc) is 3.60. The highest BCUT2D eigenvalue weighted by atomic mass is 16.8. The van der Waals surface area contributed by atoms with Gasteiger partial charge < -0.3 is 62.5 Å². The van der Waals surface area contributed by atoms with Crippen LogP contribution in [-0.2, 0) is 55.8 Å². The van der Waals surface area contributed by atoms with E-state index >= 15 is 0 Å². The van der Waals surface area contributed by atoms with Crippen molar-refractivity contribution in [1.29, 1.82) is 0 Å². The van der Waals surface area contributed by atoms with Gasteiger partial charge in [-0.05, 0) is 83.9 Å². The first-order chi connectivity index (χ1) is 39.1. The number of amides is 1. The zero-order valence-corrected chi connectivity index (χ0v) is 43.2. The van der Waals surface area contributed by atoms with Crippen LogP contribution in [-0.4, -0.2) is 117 Å². The first-order valence-electron chi connectivity index (χ1n) is 25.6. The second-order valence-corrected chi connectivity index (χ2v) is 18.4. The summed E-state index contributed by atoms with van der Waals surface area (Å²) in [6.45, 7) is -1.27. The smallest absolute Gasteiger partial charge is 0.407 e. The molecule has 7 aromatic rings. The van der Waals surface area contributed by atoms with E-state index in [9.17, 15) is 29.1 Å². The molecule has 2 aliphatic rings. The average molecular weight is 1090 g/mol. The molecule has 18 nitrogen and oxygen atoms in total. The normalized spacial score (nSPS) is 22.3. The van der Waals surface area contributed by atoms with E-state index in [2.05, 4.69) is 5.32 Å². The maximum atomic E-state index is 14.5. The number of aliphatic hydroxyl groups is 1. The third-order valence-electron chi connectivity index (χ3n) is 13.0. The Morgan fingerprint density at radius 2 is 0.887 bits per heavy atom. The maximum Gasteiger partial charge on any atom is 0.407 e. The van der Waals surface area contributed by atoms with Crippen molar-refractivity contribution < 1.29 is 81.2 Å². The van der Waals surface area contributed by atoms with Crippen molar-refractivity contribution in [3.05, 3.63) is 240 Å². The van der Waals surface area contributed by atoms with Crippen LogP contribution in [0.2, 0.25) is 0 Å². The molecular formula is C62H57NO17. The van der Waals surface area contributed by atoms with Gasteiger partial charge in [-0.25, -0.2) is 24.0 Å². The number of carbonyl (C=O) groups is 5. The number of ether oxygens (including phenoxy) is 11. The van der Waals surface area contributed by atoms with Gasteiger partial charge in [0.25, 0.3) is 0 Å². The lowest BCUT2D eigenvalue weighted by molar-refractivity contribution is -0.346. The van der Waals surface area contributed by atoms with E-state index in [0.717, 1.165) is 0 Å². The monoisotopic (exact) mass is 1090 g/mol.